The van der Waals surface area contributed by atoms with Crippen LogP contribution in [0.2, 0.25) is 0 Å². The number of pyridine rings is 1. The van der Waals surface area contributed by atoms with Gasteiger partial charge in [0.2, 0.25) is 0 Å². The number of benzene rings is 3. The third kappa shape index (κ3) is 5.27. The van der Waals surface area contributed by atoms with Gasteiger partial charge in [0.15, 0.2) is 0 Å². The lowest BCUT2D eigenvalue weighted by molar-refractivity contribution is 0.0601. The summed E-state index contributed by atoms with van der Waals surface area (Å²) in [4.78, 5) is 32.9. The zero-order chi connectivity index (χ0) is 28.5. The maximum absolute atomic E-state index is 13.9. The summed E-state index contributed by atoms with van der Waals surface area (Å²) in [5.74, 6) is 0.122. The van der Waals surface area contributed by atoms with Crippen LogP contribution in [0.1, 0.15) is 74.4 Å². The zero-order valence-corrected chi connectivity index (χ0v) is 24.3. The molecule has 0 spiro atoms. The van der Waals surface area contributed by atoms with Crippen LogP contribution in [0.4, 0.5) is 5.00 Å². The van der Waals surface area contributed by atoms with Gasteiger partial charge in [-0.1, -0.05) is 86.6 Å². The number of carbonyl (C=O) groups excluding carboxylic acids is 2. The topological polar surface area (TPSA) is 68.3 Å². The van der Waals surface area contributed by atoms with E-state index >= 15 is 0 Å². The van der Waals surface area contributed by atoms with Gasteiger partial charge in [-0.25, -0.2) is 9.78 Å². The lowest BCUT2D eigenvalue weighted by Gasteiger charge is -2.22. The fourth-order valence-corrected chi connectivity index (χ4v) is 7.03. The van der Waals surface area contributed by atoms with Gasteiger partial charge in [-0.2, -0.15) is 0 Å². The molecule has 41 heavy (non-hydrogen) atoms. The molecule has 5 nitrogen and oxygen atoms in total. The number of fused-ring (bicyclic) bond motifs is 2. The summed E-state index contributed by atoms with van der Waals surface area (Å²) < 4.78 is 5.18. The zero-order valence-electron chi connectivity index (χ0n) is 23.4. The molecule has 1 amide bonds. The third-order valence-corrected chi connectivity index (χ3v) is 9.16. The second kappa shape index (κ2) is 11.3. The van der Waals surface area contributed by atoms with Crippen molar-refractivity contribution in [1.82, 2.24) is 4.98 Å². The van der Waals surface area contributed by atoms with Gasteiger partial charge in [0.25, 0.3) is 5.91 Å². The molecule has 0 aliphatic heterocycles. The van der Waals surface area contributed by atoms with Gasteiger partial charge >= 0.3 is 5.97 Å². The monoisotopic (exact) mass is 560 g/mol. The Morgan fingerprint density at radius 1 is 0.976 bits per heavy atom. The predicted molar refractivity (Wildman–Crippen MR) is 166 cm³/mol. The van der Waals surface area contributed by atoms with E-state index in [1.807, 2.05) is 36.4 Å². The number of nitrogens with zero attached hydrogens (tertiary/aromatic N) is 1. The Morgan fingerprint density at radius 3 is 2.44 bits per heavy atom. The maximum Gasteiger partial charge on any atom is 0.341 e. The molecule has 1 atom stereocenters. The number of aromatic nitrogens is 1. The minimum absolute atomic E-state index is 0.271. The summed E-state index contributed by atoms with van der Waals surface area (Å²) in [6, 6.07) is 28.3. The highest BCUT2D eigenvalue weighted by molar-refractivity contribution is 7.17. The molecule has 0 radical (unpaired) electrons. The van der Waals surface area contributed by atoms with Crippen molar-refractivity contribution in [3.63, 3.8) is 0 Å². The summed E-state index contributed by atoms with van der Waals surface area (Å²) in [6.07, 6.45) is 2.54. The molecule has 0 bridgehead atoms. The molecule has 1 aliphatic rings. The van der Waals surface area contributed by atoms with E-state index in [2.05, 4.69) is 67.7 Å². The van der Waals surface area contributed by atoms with Crippen LogP contribution < -0.4 is 5.32 Å². The van der Waals surface area contributed by atoms with Crippen LogP contribution in [0.3, 0.4) is 0 Å². The van der Waals surface area contributed by atoms with Gasteiger partial charge < -0.3 is 10.1 Å². The number of thiophene rings is 1. The fraction of sp³-hybridized carbons (Fsp3) is 0.229. The SMILES string of the molecule is COC(=O)c1c(NC(=O)c2cc(-c3ccc(C(C)C)cc3)nc3ccccc23)sc2c1CC[C@H](c1ccccc1)C2. The van der Waals surface area contributed by atoms with Crippen molar-refractivity contribution in [2.75, 3.05) is 12.4 Å². The van der Waals surface area contributed by atoms with Gasteiger partial charge in [0.05, 0.1) is 29.4 Å². The number of esters is 1. The Hall–Kier alpha value is -4.29. The number of ether oxygens (including phenoxy) is 1. The Balaban J connectivity index is 1.37. The van der Waals surface area contributed by atoms with E-state index in [9.17, 15) is 9.59 Å². The Labute approximate surface area is 244 Å². The highest BCUT2D eigenvalue weighted by atomic mass is 32.1. The van der Waals surface area contributed by atoms with E-state index in [4.69, 9.17) is 9.72 Å². The highest BCUT2D eigenvalue weighted by Gasteiger charge is 2.31. The van der Waals surface area contributed by atoms with E-state index in [-0.39, 0.29) is 5.91 Å². The first kappa shape index (κ1) is 26.9. The number of anilines is 1. The van der Waals surface area contributed by atoms with Gasteiger partial charge in [-0.15, -0.1) is 11.3 Å². The number of hydrogen-bond donors (Lipinski definition) is 1. The van der Waals surface area contributed by atoms with E-state index in [1.54, 1.807) is 0 Å². The standard InChI is InChI=1S/C35H32N2O3S/c1-21(2)22-13-15-24(16-14-22)30-20-28(26-11-7-8-12-29(26)36-30)33(38)37-34-32(35(39)40-3)27-18-17-25(19-31(27)41-34)23-9-5-4-6-10-23/h4-16,20-21,25H,17-19H2,1-3H3,(H,37,38)/t25-/m0/s1. The number of rotatable bonds is 6. The summed E-state index contributed by atoms with van der Waals surface area (Å²) in [5, 5.41) is 4.41. The Morgan fingerprint density at radius 2 is 1.71 bits per heavy atom. The molecule has 0 saturated heterocycles. The quantitative estimate of drug-likeness (QED) is 0.212. The van der Waals surface area contributed by atoms with Crippen molar-refractivity contribution in [3.05, 3.63) is 118 Å². The number of methoxy groups -OCH3 is 1. The third-order valence-electron chi connectivity index (χ3n) is 7.99. The number of amides is 1. The molecular weight excluding hydrogens is 528 g/mol. The fourth-order valence-electron chi connectivity index (χ4n) is 5.72. The molecule has 1 aliphatic carbocycles. The van der Waals surface area contributed by atoms with Crippen LogP contribution in [-0.2, 0) is 17.6 Å². The Kier molecular flexibility index (Phi) is 7.41. The van der Waals surface area contributed by atoms with Crippen molar-refractivity contribution < 1.29 is 14.3 Å². The average molecular weight is 561 g/mol. The van der Waals surface area contributed by atoms with Crippen LogP contribution in [0, 0.1) is 0 Å². The van der Waals surface area contributed by atoms with Crippen molar-refractivity contribution in [1.29, 1.82) is 0 Å². The van der Waals surface area contributed by atoms with Crippen molar-refractivity contribution in [2.45, 2.75) is 44.9 Å². The second-order valence-electron chi connectivity index (χ2n) is 10.9. The molecule has 3 aromatic carbocycles. The molecule has 0 unspecified atom stereocenters. The van der Waals surface area contributed by atoms with E-state index in [0.29, 0.717) is 28.0 Å². The van der Waals surface area contributed by atoms with Crippen molar-refractivity contribution in [3.8, 4) is 11.3 Å². The number of para-hydroxylation sites is 1. The molecule has 2 aromatic heterocycles. The smallest absolute Gasteiger partial charge is 0.341 e. The number of carbonyl (C=O) groups is 2. The van der Waals surface area contributed by atoms with E-state index < -0.39 is 5.97 Å². The first-order chi connectivity index (χ1) is 19.9. The molecule has 2 heterocycles. The van der Waals surface area contributed by atoms with E-state index in [1.165, 1.54) is 29.6 Å². The van der Waals surface area contributed by atoms with Gasteiger partial charge in [0, 0.05) is 15.8 Å². The number of nitrogens with one attached hydrogen (secondary N) is 1. The van der Waals surface area contributed by atoms with Crippen LogP contribution in [0.15, 0.2) is 84.9 Å². The molecule has 206 valence electrons. The normalized spacial score (nSPS) is 14.6. The first-order valence-electron chi connectivity index (χ1n) is 14.0. The molecule has 1 N–H and O–H groups in total. The van der Waals surface area contributed by atoms with Crippen molar-refractivity contribution >= 4 is 39.1 Å². The molecule has 0 fully saturated rings. The summed E-state index contributed by atoms with van der Waals surface area (Å²) in [5.41, 5.74) is 6.96. The molecule has 5 aromatic rings. The largest absolute Gasteiger partial charge is 0.465 e. The van der Waals surface area contributed by atoms with Crippen LogP contribution in [0.25, 0.3) is 22.2 Å². The Bertz CT molecular complexity index is 1740. The van der Waals surface area contributed by atoms with Gasteiger partial charge in [-0.3, -0.25) is 4.79 Å². The van der Waals surface area contributed by atoms with E-state index in [0.717, 1.165) is 51.9 Å². The lowest BCUT2D eigenvalue weighted by atomic mass is 9.83. The maximum atomic E-state index is 13.9. The molecule has 0 saturated carbocycles. The molecular formula is C35H32N2O3S. The average Bonchev–Trinajstić information content (AvgIpc) is 3.37. The summed E-state index contributed by atoms with van der Waals surface area (Å²) in [7, 11) is 1.39. The predicted octanol–water partition coefficient (Wildman–Crippen LogP) is 8.40. The number of hydrogen-bond acceptors (Lipinski definition) is 5. The first-order valence-corrected chi connectivity index (χ1v) is 14.8. The molecule has 6 rings (SSSR count). The van der Waals surface area contributed by atoms with Crippen LogP contribution in [-0.4, -0.2) is 24.0 Å². The van der Waals surface area contributed by atoms with Gasteiger partial charge in [-0.05, 0) is 59.9 Å². The van der Waals surface area contributed by atoms with Crippen LogP contribution >= 0.6 is 11.3 Å². The van der Waals surface area contributed by atoms with Crippen LogP contribution in [0.5, 0.6) is 0 Å². The summed E-state index contributed by atoms with van der Waals surface area (Å²) >= 11 is 1.49. The van der Waals surface area contributed by atoms with Crippen molar-refractivity contribution in [2.24, 2.45) is 0 Å². The minimum atomic E-state index is -0.415. The molecule has 6 heteroatoms. The summed E-state index contributed by atoms with van der Waals surface area (Å²) in [6.45, 7) is 4.33. The highest BCUT2D eigenvalue weighted by Crippen LogP contribution is 2.43. The lowest BCUT2D eigenvalue weighted by Crippen LogP contribution is -2.16. The second-order valence-corrected chi connectivity index (χ2v) is 12.0. The minimum Gasteiger partial charge on any atom is -0.465 e. The van der Waals surface area contributed by atoms with Gasteiger partial charge in [0.1, 0.15) is 5.00 Å².